The van der Waals surface area contributed by atoms with Gasteiger partial charge < -0.3 is 19.5 Å². The van der Waals surface area contributed by atoms with Crippen LogP contribution >= 0.6 is 0 Å². The molecular weight excluding hydrogens is 334 g/mol. The van der Waals surface area contributed by atoms with E-state index in [4.69, 9.17) is 14.6 Å². The number of hydrogen-bond acceptors (Lipinski definition) is 4. The van der Waals surface area contributed by atoms with Gasteiger partial charge in [0.15, 0.2) is 12.4 Å². The van der Waals surface area contributed by atoms with Crippen LogP contribution in [0.15, 0.2) is 54.6 Å². The van der Waals surface area contributed by atoms with Crippen LogP contribution in [0.4, 0.5) is 5.69 Å². The summed E-state index contributed by atoms with van der Waals surface area (Å²) < 4.78 is 11.2. The van der Waals surface area contributed by atoms with Crippen LogP contribution in [0.5, 0.6) is 5.75 Å². The summed E-state index contributed by atoms with van der Waals surface area (Å²) in [6.45, 7) is 1.18. The number of fused-ring (bicyclic) bond motifs is 1. The van der Waals surface area contributed by atoms with Crippen molar-refractivity contribution in [2.24, 2.45) is 0 Å². The van der Waals surface area contributed by atoms with Gasteiger partial charge in [-0.25, -0.2) is 4.79 Å². The number of anilines is 1. The van der Waals surface area contributed by atoms with Crippen molar-refractivity contribution in [3.05, 3.63) is 65.7 Å². The Morgan fingerprint density at radius 2 is 2.00 bits per heavy atom. The van der Waals surface area contributed by atoms with Crippen LogP contribution < -0.4 is 9.64 Å². The van der Waals surface area contributed by atoms with E-state index in [9.17, 15) is 9.59 Å². The third-order valence-electron chi connectivity index (χ3n) is 3.93. The third kappa shape index (κ3) is 4.29. The van der Waals surface area contributed by atoms with E-state index < -0.39 is 5.97 Å². The Hall–Kier alpha value is -3.12. The first kappa shape index (κ1) is 17.7. The molecule has 1 amide bonds. The highest BCUT2D eigenvalue weighted by Crippen LogP contribution is 2.35. The molecule has 3 rings (SSSR count). The molecule has 0 fully saturated rings. The Bertz CT molecular complexity index is 816. The van der Waals surface area contributed by atoms with E-state index in [0.29, 0.717) is 36.8 Å². The maximum absolute atomic E-state index is 12.2. The Morgan fingerprint density at radius 1 is 1.19 bits per heavy atom. The lowest BCUT2D eigenvalue weighted by atomic mass is 10.1. The van der Waals surface area contributed by atoms with Gasteiger partial charge in [0, 0.05) is 18.2 Å². The number of nitrogens with zero attached hydrogens (tertiary/aromatic N) is 1. The standard InChI is InChI=1S/C20H19NO5/c22-18-14-26-20-16(9-10-19(23)24)7-4-8-17(20)21(18)11-12-25-13-15-5-2-1-3-6-15/h1-10H,11-14H2,(H,23,24). The number of carboxylic acids is 1. The van der Waals surface area contributed by atoms with Gasteiger partial charge in [0.25, 0.3) is 5.91 Å². The van der Waals surface area contributed by atoms with Gasteiger partial charge in [-0.15, -0.1) is 0 Å². The molecule has 0 bridgehead atoms. The molecule has 2 aromatic rings. The van der Waals surface area contributed by atoms with Crippen LogP contribution in [-0.4, -0.2) is 36.7 Å². The lowest BCUT2D eigenvalue weighted by Gasteiger charge is -2.30. The highest BCUT2D eigenvalue weighted by atomic mass is 16.5. The molecule has 134 valence electrons. The first-order valence-electron chi connectivity index (χ1n) is 8.24. The van der Waals surface area contributed by atoms with E-state index in [1.165, 1.54) is 6.08 Å². The van der Waals surface area contributed by atoms with Gasteiger partial charge in [-0.05, 0) is 17.7 Å². The first-order chi connectivity index (χ1) is 12.6. The van der Waals surface area contributed by atoms with Crippen molar-refractivity contribution in [1.29, 1.82) is 0 Å². The molecule has 2 aromatic carbocycles. The summed E-state index contributed by atoms with van der Waals surface area (Å²) in [5.41, 5.74) is 2.31. The molecule has 6 heteroatoms. The molecule has 0 saturated carbocycles. The van der Waals surface area contributed by atoms with Crippen molar-refractivity contribution in [3.8, 4) is 5.75 Å². The topological polar surface area (TPSA) is 76.1 Å². The molecule has 0 aromatic heterocycles. The van der Waals surface area contributed by atoms with E-state index >= 15 is 0 Å². The van der Waals surface area contributed by atoms with Crippen molar-refractivity contribution < 1.29 is 24.2 Å². The minimum absolute atomic E-state index is 0.0798. The molecule has 0 unspecified atom stereocenters. The SMILES string of the molecule is O=C(O)C=Cc1cccc2c1OCC(=O)N2CCOCc1ccccc1. The highest BCUT2D eigenvalue weighted by molar-refractivity contribution is 5.99. The van der Waals surface area contributed by atoms with Gasteiger partial charge in [0.05, 0.1) is 18.9 Å². The van der Waals surface area contributed by atoms with Gasteiger partial charge >= 0.3 is 5.97 Å². The van der Waals surface area contributed by atoms with Crippen LogP contribution in [0, 0.1) is 0 Å². The molecule has 1 heterocycles. The molecule has 0 radical (unpaired) electrons. The summed E-state index contributed by atoms with van der Waals surface area (Å²) >= 11 is 0. The minimum Gasteiger partial charge on any atom is -0.481 e. The van der Waals surface area contributed by atoms with Gasteiger partial charge in [-0.1, -0.05) is 42.5 Å². The maximum atomic E-state index is 12.2. The fraction of sp³-hybridized carbons (Fsp3) is 0.200. The molecule has 26 heavy (non-hydrogen) atoms. The molecule has 1 aliphatic rings. The van der Waals surface area contributed by atoms with Crippen LogP contribution in [0.3, 0.4) is 0 Å². The monoisotopic (exact) mass is 353 g/mol. The summed E-state index contributed by atoms with van der Waals surface area (Å²) in [4.78, 5) is 24.6. The summed E-state index contributed by atoms with van der Waals surface area (Å²) in [5.74, 6) is -0.687. The summed E-state index contributed by atoms with van der Waals surface area (Å²) in [5, 5.41) is 8.80. The Labute approximate surface area is 151 Å². The van der Waals surface area contributed by atoms with E-state index in [2.05, 4.69) is 0 Å². The number of carboxylic acid groups (broad SMARTS) is 1. The second-order valence-corrected chi connectivity index (χ2v) is 5.74. The smallest absolute Gasteiger partial charge is 0.328 e. The van der Waals surface area contributed by atoms with Crippen molar-refractivity contribution >= 4 is 23.6 Å². The zero-order chi connectivity index (χ0) is 18.4. The molecule has 1 N–H and O–H groups in total. The van der Waals surface area contributed by atoms with Gasteiger partial charge in [0.1, 0.15) is 0 Å². The molecule has 0 aliphatic carbocycles. The van der Waals surface area contributed by atoms with Crippen LogP contribution in [-0.2, 0) is 20.9 Å². The molecule has 0 saturated heterocycles. The number of hydrogen-bond donors (Lipinski definition) is 1. The van der Waals surface area contributed by atoms with Crippen LogP contribution in [0.25, 0.3) is 6.08 Å². The zero-order valence-corrected chi connectivity index (χ0v) is 14.1. The van der Waals surface area contributed by atoms with Crippen molar-refractivity contribution in [3.63, 3.8) is 0 Å². The van der Waals surface area contributed by atoms with Gasteiger partial charge in [-0.2, -0.15) is 0 Å². The van der Waals surface area contributed by atoms with E-state index in [-0.39, 0.29) is 12.5 Å². The quantitative estimate of drug-likeness (QED) is 0.612. The molecule has 1 aliphatic heterocycles. The second-order valence-electron chi connectivity index (χ2n) is 5.74. The highest BCUT2D eigenvalue weighted by Gasteiger charge is 2.26. The Balaban J connectivity index is 1.68. The zero-order valence-electron chi connectivity index (χ0n) is 14.1. The Morgan fingerprint density at radius 3 is 2.77 bits per heavy atom. The normalized spacial score (nSPS) is 13.5. The van der Waals surface area contributed by atoms with Crippen LogP contribution in [0.2, 0.25) is 0 Å². The van der Waals surface area contributed by atoms with E-state index in [1.807, 2.05) is 30.3 Å². The molecule has 6 nitrogen and oxygen atoms in total. The van der Waals surface area contributed by atoms with Crippen LogP contribution in [0.1, 0.15) is 11.1 Å². The lowest BCUT2D eigenvalue weighted by Crippen LogP contribution is -2.41. The number of aliphatic carboxylic acids is 1. The van der Waals surface area contributed by atoms with Gasteiger partial charge in [-0.3, -0.25) is 4.79 Å². The van der Waals surface area contributed by atoms with E-state index in [1.54, 1.807) is 23.1 Å². The number of amides is 1. The fourth-order valence-electron chi connectivity index (χ4n) is 2.72. The average Bonchev–Trinajstić information content (AvgIpc) is 2.65. The van der Waals surface area contributed by atoms with Crippen molar-refractivity contribution in [2.75, 3.05) is 24.7 Å². The number of carbonyl (C=O) groups is 2. The molecule has 0 atom stereocenters. The predicted molar refractivity (Wildman–Crippen MR) is 97.1 cm³/mol. The second kappa shape index (κ2) is 8.31. The number of rotatable bonds is 7. The number of ether oxygens (including phenoxy) is 2. The summed E-state index contributed by atoms with van der Waals surface area (Å²) in [6.07, 6.45) is 2.50. The maximum Gasteiger partial charge on any atom is 0.328 e. The summed E-state index contributed by atoms with van der Waals surface area (Å²) in [7, 11) is 0. The largest absolute Gasteiger partial charge is 0.481 e. The number of para-hydroxylation sites is 1. The molecule has 0 spiro atoms. The predicted octanol–water partition coefficient (Wildman–Crippen LogP) is 2.73. The first-order valence-corrected chi connectivity index (χ1v) is 8.24. The van der Waals surface area contributed by atoms with Crippen molar-refractivity contribution in [2.45, 2.75) is 6.61 Å². The number of carbonyl (C=O) groups excluding carboxylic acids is 1. The molecular formula is C20H19NO5. The summed E-state index contributed by atoms with van der Waals surface area (Å²) in [6, 6.07) is 15.1. The number of benzene rings is 2. The minimum atomic E-state index is -1.04. The average molecular weight is 353 g/mol. The van der Waals surface area contributed by atoms with Crippen molar-refractivity contribution in [1.82, 2.24) is 0 Å². The van der Waals surface area contributed by atoms with Gasteiger partial charge in [0.2, 0.25) is 0 Å². The van der Waals surface area contributed by atoms with E-state index in [0.717, 1.165) is 11.6 Å². The fourth-order valence-corrected chi connectivity index (χ4v) is 2.72. The third-order valence-corrected chi connectivity index (χ3v) is 3.93. The Kier molecular flexibility index (Phi) is 5.66. The lowest BCUT2D eigenvalue weighted by molar-refractivity contribution is -0.131.